The molecular formula is C18H18N2O2S. The van der Waals surface area contributed by atoms with E-state index in [0.717, 1.165) is 16.7 Å². The van der Waals surface area contributed by atoms with Gasteiger partial charge in [0.1, 0.15) is 0 Å². The monoisotopic (exact) mass is 326 g/mol. The number of hydrogen-bond donors (Lipinski definition) is 1. The van der Waals surface area contributed by atoms with Crippen LogP contribution in [-0.2, 0) is 6.54 Å². The standard InChI is InChI=1S/C18H18N2O2S/c1-11-4-6-15-14(8-11)17(21)20(18(22)19-15)10-13-5-7-16(23-3)12(2)9-13/h4-9H,10H2,1-3H3,(H,19,22). The molecule has 1 aromatic heterocycles. The predicted octanol–water partition coefficient (Wildman–Crippen LogP) is 3.08. The highest BCUT2D eigenvalue weighted by Gasteiger charge is 2.09. The number of benzene rings is 2. The molecule has 2 aromatic carbocycles. The maximum atomic E-state index is 12.7. The van der Waals surface area contributed by atoms with Crippen molar-refractivity contribution in [1.29, 1.82) is 0 Å². The van der Waals surface area contributed by atoms with Gasteiger partial charge in [-0.2, -0.15) is 0 Å². The molecule has 0 bridgehead atoms. The molecular weight excluding hydrogens is 308 g/mol. The van der Waals surface area contributed by atoms with Gasteiger partial charge in [0.2, 0.25) is 0 Å². The molecule has 5 heteroatoms. The molecule has 0 atom stereocenters. The van der Waals surface area contributed by atoms with E-state index in [-0.39, 0.29) is 17.8 Å². The second kappa shape index (κ2) is 6.08. The van der Waals surface area contributed by atoms with Crippen LogP contribution in [0.25, 0.3) is 10.9 Å². The van der Waals surface area contributed by atoms with Gasteiger partial charge >= 0.3 is 5.69 Å². The summed E-state index contributed by atoms with van der Waals surface area (Å²) in [4.78, 5) is 28.9. The quantitative estimate of drug-likeness (QED) is 0.753. The Morgan fingerprint density at radius 3 is 2.57 bits per heavy atom. The number of hydrogen-bond acceptors (Lipinski definition) is 3. The topological polar surface area (TPSA) is 54.9 Å². The lowest BCUT2D eigenvalue weighted by molar-refractivity contribution is 0.710. The predicted molar refractivity (Wildman–Crippen MR) is 95.6 cm³/mol. The average Bonchev–Trinajstić information content (AvgIpc) is 2.52. The van der Waals surface area contributed by atoms with Crippen molar-refractivity contribution in [1.82, 2.24) is 9.55 Å². The molecule has 23 heavy (non-hydrogen) atoms. The third-order valence-electron chi connectivity index (χ3n) is 3.94. The molecule has 1 N–H and O–H groups in total. The minimum absolute atomic E-state index is 0.251. The van der Waals surface area contributed by atoms with Gasteiger partial charge in [-0.15, -0.1) is 11.8 Å². The maximum Gasteiger partial charge on any atom is 0.329 e. The van der Waals surface area contributed by atoms with Crippen LogP contribution in [0, 0.1) is 13.8 Å². The van der Waals surface area contributed by atoms with Crippen molar-refractivity contribution in [2.24, 2.45) is 0 Å². The third kappa shape index (κ3) is 2.97. The number of thioether (sulfide) groups is 1. The molecule has 4 nitrogen and oxygen atoms in total. The Bertz CT molecular complexity index is 1000. The zero-order chi connectivity index (χ0) is 16.6. The number of aromatic nitrogens is 2. The van der Waals surface area contributed by atoms with Gasteiger partial charge in [0.15, 0.2) is 0 Å². The van der Waals surface area contributed by atoms with Crippen molar-refractivity contribution >= 4 is 22.7 Å². The molecule has 0 amide bonds. The van der Waals surface area contributed by atoms with Crippen LogP contribution in [0.2, 0.25) is 0 Å². The molecule has 0 unspecified atom stereocenters. The maximum absolute atomic E-state index is 12.7. The van der Waals surface area contributed by atoms with E-state index >= 15 is 0 Å². The van der Waals surface area contributed by atoms with Crippen LogP contribution >= 0.6 is 11.8 Å². The van der Waals surface area contributed by atoms with Crippen LogP contribution in [-0.4, -0.2) is 15.8 Å². The first-order valence-corrected chi connectivity index (χ1v) is 8.59. The van der Waals surface area contributed by atoms with E-state index in [2.05, 4.69) is 4.98 Å². The first-order chi connectivity index (χ1) is 11.0. The number of nitrogens with zero attached hydrogens (tertiary/aromatic N) is 1. The zero-order valence-corrected chi connectivity index (χ0v) is 14.2. The number of nitrogens with one attached hydrogen (secondary N) is 1. The van der Waals surface area contributed by atoms with Crippen LogP contribution in [0.5, 0.6) is 0 Å². The number of aromatic amines is 1. The summed E-state index contributed by atoms with van der Waals surface area (Å²) in [7, 11) is 0. The molecule has 0 saturated heterocycles. The summed E-state index contributed by atoms with van der Waals surface area (Å²) in [5.41, 5.74) is 3.04. The minimum Gasteiger partial charge on any atom is -0.307 e. The summed E-state index contributed by atoms with van der Waals surface area (Å²) in [5, 5.41) is 0.544. The lowest BCUT2D eigenvalue weighted by atomic mass is 10.1. The van der Waals surface area contributed by atoms with E-state index in [1.54, 1.807) is 17.8 Å². The Balaban J connectivity index is 2.11. The average molecular weight is 326 g/mol. The molecule has 1 heterocycles. The Hall–Kier alpha value is -2.27. The van der Waals surface area contributed by atoms with Crippen LogP contribution in [0.4, 0.5) is 0 Å². The second-order valence-corrected chi connectivity index (χ2v) is 6.52. The fraction of sp³-hybridized carbons (Fsp3) is 0.222. The van der Waals surface area contributed by atoms with Crippen LogP contribution in [0.3, 0.4) is 0 Å². The van der Waals surface area contributed by atoms with Gasteiger partial charge in [-0.25, -0.2) is 4.79 Å². The largest absolute Gasteiger partial charge is 0.329 e. The van der Waals surface area contributed by atoms with Crippen molar-refractivity contribution in [2.45, 2.75) is 25.3 Å². The van der Waals surface area contributed by atoms with Crippen LogP contribution < -0.4 is 11.2 Å². The first-order valence-electron chi connectivity index (χ1n) is 7.36. The summed E-state index contributed by atoms with van der Waals surface area (Å²) in [6.07, 6.45) is 2.03. The van der Waals surface area contributed by atoms with Crippen molar-refractivity contribution in [2.75, 3.05) is 6.26 Å². The highest BCUT2D eigenvalue weighted by molar-refractivity contribution is 7.98. The Kier molecular flexibility index (Phi) is 4.13. The highest BCUT2D eigenvalue weighted by atomic mass is 32.2. The lowest BCUT2D eigenvalue weighted by Crippen LogP contribution is -2.35. The Morgan fingerprint density at radius 1 is 1.09 bits per heavy atom. The van der Waals surface area contributed by atoms with E-state index in [1.807, 2.05) is 50.4 Å². The fourth-order valence-corrected chi connectivity index (χ4v) is 3.31. The van der Waals surface area contributed by atoms with E-state index in [0.29, 0.717) is 10.9 Å². The van der Waals surface area contributed by atoms with Gasteiger partial charge in [0.05, 0.1) is 17.4 Å². The molecule has 3 rings (SSSR count). The van der Waals surface area contributed by atoms with Gasteiger partial charge in [0.25, 0.3) is 5.56 Å². The van der Waals surface area contributed by atoms with E-state index in [4.69, 9.17) is 0 Å². The summed E-state index contributed by atoms with van der Waals surface area (Å²) in [6, 6.07) is 11.5. The first kappa shape index (κ1) is 15.6. The molecule has 118 valence electrons. The van der Waals surface area contributed by atoms with Gasteiger partial charge in [-0.1, -0.05) is 23.8 Å². The Labute approximate surface area is 138 Å². The van der Waals surface area contributed by atoms with E-state index in [1.165, 1.54) is 9.46 Å². The molecule has 0 radical (unpaired) electrons. The summed E-state index contributed by atoms with van der Waals surface area (Å²) in [6.45, 7) is 4.23. The number of fused-ring (bicyclic) bond motifs is 1. The van der Waals surface area contributed by atoms with Crippen LogP contribution in [0.15, 0.2) is 50.9 Å². The molecule has 0 spiro atoms. The molecule has 0 aliphatic heterocycles. The SMILES string of the molecule is CSc1ccc(Cn2c(=O)[nH]c3ccc(C)cc3c2=O)cc1C. The van der Waals surface area contributed by atoms with Gasteiger partial charge in [-0.05, 0) is 49.4 Å². The van der Waals surface area contributed by atoms with Crippen molar-refractivity contribution in [3.05, 3.63) is 73.9 Å². The smallest absolute Gasteiger partial charge is 0.307 e. The minimum atomic E-state index is -0.377. The lowest BCUT2D eigenvalue weighted by Gasteiger charge is -2.09. The van der Waals surface area contributed by atoms with Gasteiger partial charge < -0.3 is 4.98 Å². The van der Waals surface area contributed by atoms with Crippen molar-refractivity contribution in [3.63, 3.8) is 0 Å². The van der Waals surface area contributed by atoms with Crippen molar-refractivity contribution in [3.8, 4) is 0 Å². The number of aryl methyl sites for hydroxylation is 2. The van der Waals surface area contributed by atoms with Gasteiger partial charge in [-0.3, -0.25) is 9.36 Å². The van der Waals surface area contributed by atoms with Gasteiger partial charge in [0, 0.05) is 4.90 Å². The highest BCUT2D eigenvalue weighted by Crippen LogP contribution is 2.20. The molecule has 0 fully saturated rings. The molecule has 0 saturated carbocycles. The third-order valence-corrected chi connectivity index (χ3v) is 4.84. The summed E-state index contributed by atoms with van der Waals surface area (Å²) < 4.78 is 1.26. The normalized spacial score (nSPS) is 11.1. The molecule has 0 aliphatic rings. The Morgan fingerprint density at radius 2 is 1.87 bits per heavy atom. The van der Waals surface area contributed by atoms with Crippen LogP contribution in [0.1, 0.15) is 16.7 Å². The molecule has 0 aliphatic carbocycles. The van der Waals surface area contributed by atoms with E-state index in [9.17, 15) is 9.59 Å². The van der Waals surface area contributed by atoms with Crippen molar-refractivity contribution < 1.29 is 0 Å². The second-order valence-electron chi connectivity index (χ2n) is 5.67. The fourth-order valence-electron chi connectivity index (χ4n) is 2.73. The summed E-state index contributed by atoms with van der Waals surface area (Å²) >= 11 is 1.68. The number of rotatable bonds is 3. The molecule has 3 aromatic rings. The number of H-pyrrole nitrogens is 1. The zero-order valence-electron chi connectivity index (χ0n) is 13.3. The summed E-state index contributed by atoms with van der Waals surface area (Å²) in [5.74, 6) is 0. The van der Waals surface area contributed by atoms with E-state index < -0.39 is 0 Å².